The smallest absolute Gasteiger partial charge is 0.240 e. The predicted octanol–water partition coefficient (Wildman–Crippen LogP) is 0.527. The molecule has 1 fully saturated rings. The number of hydrogen-bond acceptors (Lipinski definition) is 6. The van der Waals surface area contributed by atoms with Crippen LogP contribution in [-0.4, -0.2) is 47.4 Å². The molecular weight excluding hydrogens is 232 g/mol. The van der Waals surface area contributed by atoms with Gasteiger partial charge < -0.3 is 15.0 Å². The summed E-state index contributed by atoms with van der Waals surface area (Å²) in [5, 5.41) is 4.02. The fourth-order valence-corrected chi connectivity index (χ4v) is 1.88. The first-order valence-corrected chi connectivity index (χ1v) is 6.36. The van der Waals surface area contributed by atoms with Crippen molar-refractivity contribution in [3.63, 3.8) is 0 Å². The predicted molar refractivity (Wildman–Crippen MR) is 67.1 cm³/mol. The standard InChI is InChI=1S/C12H22N4O2/c1-12(2,3)11-14-10(18-15-11)8-16-4-5-17-9(6-13)7-16/h9H,4-8,13H2,1-3H3. The van der Waals surface area contributed by atoms with Gasteiger partial charge in [0.25, 0.3) is 0 Å². The summed E-state index contributed by atoms with van der Waals surface area (Å²) >= 11 is 0. The summed E-state index contributed by atoms with van der Waals surface area (Å²) in [6.45, 7) is 9.84. The van der Waals surface area contributed by atoms with Gasteiger partial charge in [-0.3, -0.25) is 4.90 Å². The molecule has 6 nitrogen and oxygen atoms in total. The lowest BCUT2D eigenvalue weighted by Gasteiger charge is -2.31. The summed E-state index contributed by atoms with van der Waals surface area (Å²) in [5.41, 5.74) is 5.54. The summed E-state index contributed by atoms with van der Waals surface area (Å²) < 4.78 is 10.8. The Balaban J connectivity index is 1.95. The Morgan fingerprint density at radius 1 is 1.44 bits per heavy atom. The highest BCUT2D eigenvalue weighted by Gasteiger charge is 2.24. The number of hydrogen-bond donors (Lipinski definition) is 1. The zero-order chi connectivity index (χ0) is 13.2. The molecule has 2 N–H and O–H groups in total. The van der Waals surface area contributed by atoms with E-state index in [1.165, 1.54) is 0 Å². The minimum atomic E-state index is -0.0768. The van der Waals surface area contributed by atoms with Crippen molar-refractivity contribution >= 4 is 0 Å². The summed E-state index contributed by atoms with van der Waals surface area (Å²) in [6.07, 6.45) is 0.115. The Kier molecular flexibility index (Phi) is 3.99. The van der Waals surface area contributed by atoms with Gasteiger partial charge >= 0.3 is 0 Å². The van der Waals surface area contributed by atoms with Gasteiger partial charge in [0.15, 0.2) is 5.82 Å². The van der Waals surface area contributed by atoms with Crippen molar-refractivity contribution < 1.29 is 9.26 Å². The number of ether oxygens (including phenoxy) is 1. The highest BCUT2D eigenvalue weighted by molar-refractivity contribution is 5.00. The van der Waals surface area contributed by atoms with Gasteiger partial charge in [0.05, 0.1) is 19.3 Å². The molecule has 1 aromatic rings. The summed E-state index contributed by atoms with van der Waals surface area (Å²) in [4.78, 5) is 6.67. The van der Waals surface area contributed by atoms with Crippen LogP contribution >= 0.6 is 0 Å². The Bertz CT molecular complexity index is 386. The first kappa shape index (κ1) is 13.5. The van der Waals surface area contributed by atoms with E-state index in [-0.39, 0.29) is 11.5 Å². The topological polar surface area (TPSA) is 77.4 Å². The van der Waals surface area contributed by atoms with E-state index in [2.05, 4.69) is 35.8 Å². The third-order valence-corrected chi connectivity index (χ3v) is 2.98. The van der Waals surface area contributed by atoms with Crippen LogP contribution in [0.15, 0.2) is 4.52 Å². The second-order valence-corrected chi connectivity index (χ2v) is 5.73. The van der Waals surface area contributed by atoms with Gasteiger partial charge in [-0.05, 0) is 0 Å². The zero-order valence-electron chi connectivity index (χ0n) is 11.3. The lowest BCUT2D eigenvalue weighted by atomic mass is 9.96. The molecule has 1 aliphatic rings. The quantitative estimate of drug-likeness (QED) is 0.847. The molecule has 6 heteroatoms. The van der Waals surface area contributed by atoms with Gasteiger partial charge in [-0.1, -0.05) is 25.9 Å². The van der Waals surface area contributed by atoms with Crippen LogP contribution in [0.25, 0.3) is 0 Å². The molecule has 0 bridgehead atoms. The molecule has 0 aliphatic carbocycles. The highest BCUT2D eigenvalue weighted by Crippen LogP contribution is 2.19. The van der Waals surface area contributed by atoms with Gasteiger partial charge in [-0.25, -0.2) is 0 Å². The Morgan fingerprint density at radius 3 is 2.83 bits per heavy atom. The molecule has 2 rings (SSSR count). The number of nitrogens with two attached hydrogens (primary N) is 1. The molecule has 102 valence electrons. The van der Waals surface area contributed by atoms with Crippen LogP contribution in [-0.2, 0) is 16.7 Å². The van der Waals surface area contributed by atoms with E-state index in [1.807, 2.05) is 0 Å². The lowest BCUT2D eigenvalue weighted by molar-refractivity contribution is -0.0288. The normalized spacial score (nSPS) is 22.3. The Labute approximate surface area is 107 Å². The number of nitrogens with zero attached hydrogens (tertiary/aromatic N) is 3. The number of morpholine rings is 1. The van der Waals surface area contributed by atoms with Crippen LogP contribution in [0, 0.1) is 0 Å². The number of rotatable bonds is 3. The molecule has 0 spiro atoms. The molecule has 0 amide bonds. The van der Waals surface area contributed by atoms with Crippen molar-refractivity contribution in [2.24, 2.45) is 5.73 Å². The van der Waals surface area contributed by atoms with E-state index < -0.39 is 0 Å². The second-order valence-electron chi connectivity index (χ2n) is 5.73. The van der Waals surface area contributed by atoms with Crippen LogP contribution in [0.4, 0.5) is 0 Å². The van der Waals surface area contributed by atoms with Crippen LogP contribution < -0.4 is 5.73 Å². The largest absolute Gasteiger partial charge is 0.374 e. The van der Waals surface area contributed by atoms with Gasteiger partial charge in [-0.15, -0.1) is 0 Å². The molecule has 0 radical (unpaired) electrons. The molecule has 1 aromatic heterocycles. The summed E-state index contributed by atoms with van der Waals surface area (Å²) in [5.74, 6) is 1.42. The summed E-state index contributed by atoms with van der Waals surface area (Å²) in [7, 11) is 0. The molecule has 0 aromatic carbocycles. The molecule has 1 aliphatic heterocycles. The van der Waals surface area contributed by atoms with Crippen molar-refractivity contribution in [2.75, 3.05) is 26.2 Å². The van der Waals surface area contributed by atoms with Crippen LogP contribution in [0.3, 0.4) is 0 Å². The zero-order valence-corrected chi connectivity index (χ0v) is 11.3. The maximum Gasteiger partial charge on any atom is 0.240 e. The molecule has 0 saturated carbocycles. The van der Waals surface area contributed by atoms with E-state index in [0.29, 0.717) is 25.6 Å². The molecule has 1 atom stereocenters. The van der Waals surface area contributed by atoms with Gasteiger partial charge in [0.1, 0.15) is 0 Å². The van der Waals surface area contributed by atoms with Crippen molar-refractivity contribution in [3.8, 4) is 0 Å². The minimum Gasteiger partial charge on any atom is -0.374 e. The summed E-state index contributed by atoms with van der Waals surface area (Å²) in [6, 6.07) is 0. The van der Waals surface area contributed by atoms with E-state index in [9.17, 15) is 0 Å². The van der Waals surface area contributed by atoms with Gasteiger partial charge in [0, 0.05) is 25.0 Å². The third kappa shape index (κ3) is 3.28. The average Bonchev–Trinajstić information content (AvgIpc) is 2.77. The third-order valence-electron chi connectivity index (χ3n) is 2.98. The lowest BCUT2D eigenvalue weighted by Crippen LogP contribution is -2.45. The highest BCUT2D eigenvalue weighted by atomic mass is 16.5. The molecule has 18 heavy (non-hydrogen) atoms. The Morgan fingerprint density at radius 2 is 2.22 bits per heavy atom. The van der Waals surface area contributed by atoms with Crippen molar-refractivity contribution in [1.29, 1.82) is 0 Å². The van der Waals surface area contributed by atoms with E-state index in [4.69, 9.17) is 15.0 Å². The molecular formula is C12H22N4O2. The minimum absolute atomic E-state index is 0.0768. The molecule has 2 heterocycles. The van der Waals surface area contributed by atoms with Crippen molar-refractivity contribution in [2.45, 2.75) is 38.8 Å². The van der Waals surface area contributed by atoms with Crippen molar-refractivity contribution in [1.82, 2.24) is 15.0 Å². The maximum atomic E-state index is 5.62. The fourth-order valence-electron chi connectivity index (χ4n) is 1.88. The number of aromatic nitrogens is 2. The van der Waals surface area contributed by atoms with E-state index in [1.54, 1.807) is 0 Å². The monoisotopic (exact) mass is 254 g/mol. The first-order chi connectivity index (χ1) is 8.49. The van der Waals surface area contributed by atoms with Crippen LogP contribution in [0.2, 0.25) is 0 Å². The molecule has 1 saturated heterocycles. The van der Waals surface area contributed by atoms with Crippen LogP contribution in [0.5, 0.6) is 0 Å². The van der Waals surface area contributed by atoms with Crippen molar-refractivity contribution in [3.05, 3.63) is 11.7 Å². The fraction of sp³-hybridized carbons (Fsp3) is 0.833. The maximum absolute atomic E-state index is 5.62. The van der Waals surface area contributed by atoms with Gasteiger partial charge in [0.2, 0.25) is 5.89 Å². The average molecular weight is 254 g/mol. The van der Waals surface area contributed by atoms with E-state index in [0.717, 1.165) is 18.9 Å². The first-order valence-electron chi connectivity index (χ1n) is 6.36. The Hall–Kier alpha value is -0.980. The van der Waals surface area contributed by atoms with Crippen LogP contribution in [0.1, 0.15) is 32.5 Å². The SMILES string of the molecule is CC(C)(C)c1noc(CN2CCOC(CN)C2)n1. The molecule has 1 unspecified atom stereocenters. The second kappa shape index (κ2) is 5.34. The van der Waals surface area contributed by atoms with Gasteiger partial charge in [-0.2, -0.15) is 4.98 Å². The van der Waals surface area contributed by atoms with E-state index >= 15 is 0 Å².